The zero-order valence-electron chi connectivity index (χ0n) is 32.4. The number of thiophene rings is 1. The smallest absolute Gasteiger partial charge is 0.0640 e. The van der Waals surface area contributed by atoms with Crippen molar-refractivity contribution in [1.29, 1.82) is 0 Å². The first-order valence-corrected chi connectivity index (χ1v) is 20.4. The van der Waals surface area contributed by atoms with Crippen LogP contribution in [0, 0.1) is 6.92 Å². The van der Waals surface area contributed by atoms with Crippen molar-refractivity contribution >= 4 is 76.2 Å². The maximum atomic E-state index is 2.47. The molecule has 0 fully saturated rings. The average Bonchev–Trinajstić information content (AvgIpc) is 3.73. The molecule has 8 aromatic carbocycles. The molecule has 1 heterocycles. The van der Waals surface area contributed by atoms with Gasteiger partial charge in [0, 0.05) is 32.3 Å². The Bertz CT molecular complexity index is 2940. The number of nitrogens with zero attached hydrogens (tertiary/aromatic N) is 1. The minimum atomic E-state index is -0.0345. The van der Waals surface area contributed by atoms with E-state index in [0.29, 0.717) is 0 Å². The number of anilines is 3. The molecule has 2 heteroatoms. The van der Waals surface area contributed by atoms with Crippen LogP contribution in [0.4, 0.5) is 17.1 Å². The van der Waals surface area contributed by atoms with Crippen LogP contribution >= 0.6 is 11.3 Å². The second-order valence-electron chi connectivity index (χ2n) is 14.9. The number of aryl methyl sites for hydroxylation is 1. The summed E-state index contributed by atoms with van der Waals surface area (Å²) in [7, 11) is 0. The van der Waals surface area contributed by atoms with Crippen molar-refractivity contribution in [3.63, 3.8) is 0 Å². The van der Waals surface area contributed by atoms with Gasteiger partial charge in [-0.1, -0.05) is 149 Å². The number of hydrogen-bond donors (Lipinski definition) is 0. The summed E-state index contributed by atoms with van der Waals surface area (Å²) in [4.78, 5) is 2.47. The molecule has 0 bridgehead atoms. The predicted molar refractivity (Wildman–Crippen MR) is 243 cm³/mol. The predicted octanol–water partition coefficient (Wildman–Crippen LogP) is 16.2. The monoisotopic (exact) mass is 727 g/mol. The van der Waals surface area contributed by atoms with Crippen molar-refractivity contribution in [2.45, 2.75) is 47.0 Å². The molecule has 268 valence electrons. The van der Waals surface area contributed by atoms with Gasteiger partial charge in [0.15, 0.2) is 0 Å². The third kappa shape index (κ3) is 5.50. The van der Waals surface area contributed by atoms with Gasteiger partial charge in [-0.3, -0.25) is 0 Å². The lowest BCUT2D eigenvalue weighted by molar-refractivity contribution is 0.660. The van der Waals surface area contributed by atoms with Crippen LogP contribution in [0.5, 0.6) is 0 Å². The van der Waals surface area contributed by atoms with Crippen molar-refractivity contribution in [3.05, 3.63) is 180 Å². The summed E-state index contributed by atoms with van der Waals surface area (Å²) in [5.41, 5.74) is 14.0. The standard InChI is InChI=1S/C51H39NS.C2H6/c1-5-13-37-32(2)38-14-6-7-15-39(38)45-31-36(27-29-40(37)45)52(48-20-12-18-44-43-17-9-11-21-49(43)53-50(44)48)35-25-22-33(23-26-35)34-24-28-42-41-16-8-10-19-46(41)51(3,4)47(42)30-34;1-2/h5-31H,1-4H3;1-2H3/b13-5-;. The molecule has 0 amide bonds. The van der Waals surface area contributed by atoms with Crippen molar-refractivity contribution in [1.82, 2.24) is 0 Å². The highest BCUT2D eigenvalue weighted by molar-refractivity contribution is 7.26. The van der Waals surface area contributed by atoms with E-state index in [4.69, 9.17) is 0 Å². The second-order valence-corrected chi connectivity index (χ2v) is 15.9. The fraction of sp³-hybridized carbons (Fsp3) is 0.132. The summed E-state index contributed by atoms with van der Waals surface area (Å²) in [6.45, 7) is 13.1. The van der Waals surface area contributed by atoms with Gasteiger partial charge in [-0.2, -0.15) is 0 Å². The minimum Gasteiger partial charge on any atom is -0.309 e. The van der Waals surface area contributed by atoms with Gasteiger partial charge < -0.3 is 4.90 Å². The fourth-order valence-electron chi connectivity index (χ4n) is 8.92. The largest absolute Gasteiger partial charge is 0.309 e. The SMILES string of the molecule is C/C=C\c1c(C)c2ccccc2c2cc(N(c3ccc(-c4ccc5c(c4)C(C)(C)c4ccccc4-5)cc3)c3cccc4c3sc3ccccc34)ccc12.CC. The Hall–Kier alpha value is -5.96. The normalized spacial score (nSPS) is 13.0. The van der Waals surface area contributed by atoms with Gasteiger partial charge >= 0.3 is 0 Å². The first kappa shape index (κ1) is 34.8. The zero-order chi connectivity index (χ0) is 37.8. The Balaban J connectivity index is 0.00000195. The van der Waals surface area contributed by atoms with E-state index in [1.54, 1.807) is 0 Å². The molecule has 55 heavy (non-hydrogen) atoms. The molecule has 1 aliphatic carbocycles. The highest BCUT2D eigenvalue weighted by Crippen LogP contribution is 2.50. The third-order valence-electron chi connectivity index (χ3n) is 11.6. The summed E-state index contributed by atoms with van der Waals surface area (Å²) >= 11 is 1.88. The maximum Gasteiger partial charge on any atom is 0.0640 e. The van der Waals surface area contributed by atoms with E-state index in [9.17, 15) is 0 Å². The van der Waals surface area contributed by atoms with Crippen molar-refractivity contribution < 1.29 is 0 Å². The van der Waals surface area contributed by atoms with Crippen molar-refractivity contribution in [2.24, 2.45) is 0 Å². The van der Waals surface area contributed by atoms with Gasteiger partial charge in [0.2, 0.25) is 0 Å². The van der Waals surface area contributed by atoms with Crippen molar-refractivity contribution in [3.8, 4) is 22.3 Å². The molecular formula is C53H45NS. The molecule has 10 rings (SSSR count). The molecule has 1 aromatic heterocycles. The van der Waals surface area contributed by atoms with Crippen LogP contribution in [0.1, 0.15) is 56.9 Å². The molecular weight excluding hydrogens is 683 g/mol. The summed E-state index contributed by atoms with van der Waals surface area (Å²) in [5.74, 6) is 0. The van der Waals surface area contributed by atoms with Crippen LogP contribution in [0.2, 0.25) is 0 Å². The van der Waals surface area contributed by atoms with Crippen LogP contribution in [0.25, 0.3) is 70.0 Å². The lowest BCUT2D eigenvalue weighted by Gasteiger charge is -2.27. The Labute approximate surface area is 328 Å². The van der Waals surface area contributed by atoms with Gasteiger partial charge in [0.1, 0.15) is 0 Å². The molecule has 0 unspecified atom stereocenters. The molecule has 0 radical (unpaired) electrons. The van der Waals surface area contributed by atoms with Crippen LogP contribution in [0.3, 0.4) is 0 Å². The zero-order valence-corrected chi connectivity index (χ0v) is 33.3. The topological polar surface area (TPSA) is 3.24 Å². The Morgan fingerprint density at radius 3 is 1.98 bits per heavy atom. The van der Waals surface area contributed by atoms with Gasteiger partial charge in [-0.05, 0) is 122 Å². The lowest BCUT2D eigenvalue weighted by Crippen LogP contribution is -2.14. The van der Waals surface area contributed by atoms with E-state index in [2.05, 4.69) is 196 Å². The van der Waals surface area contributed by atoms with Crippen LogP contribution in [-0.2, 0) is 5.41 Å². The summed E-state index contributed by atoms with van der Waals surface area (Å²) in [5, 5.41) is 7.73. The summed E-state index contributed by atoms with van der Waals surface area (Å²) in [6.07, 6.45) is 4.41. The van der Waals surface area contributed by atoms with E-state index in [1.165, 1.54) is 91.9 Å². The van der Waals surface area contributed by atoms with Crippen LogP contribution in [0.15, 0.2) is 158 Å². The minimum absolute atomic E-state index is 0.0345. The van der Waals surface area contributed by atoms with Gasteiger partial charge in [-0.25, -0.2) is 0 Å². The molecule has 0 aliphatic heterocycles. The summed E-state index contributed by atoms with van der Waals surface area (Å²) in [6, 6.07) is 56.6. The first-order chi connectivity index (χ1) is 26.9. The van der Waals surface area contributed by atoms with Crippen molar-refractivity contribution in [2.75, 3.05) is 4.90 Å². The molecule has 9 aromatic rings. The third-order valence-corrected chi connectivity index (χ3v) is 12.8. The van der Waals surface area contributed by atoms with Gasteiger partial charge in [0.25, 0.3) is 0 Å². The van der Waals surface area contributed by atoms with E-state index in [-0.39, 0.29) is 5.41 Å². The quantitative estimate of drug-likeness (QED) is 0.160. The molecule has 1 aliphatic rings. The molecule has 0 saturated carbocycles. The molecule has 0 spiro atoms. The highest BCUT2D eigenvalue weighted by Gasteiger charge is 2.35. The highest BCUT2D eigenvalue weighted by atomic mass is 32.1. The van der Waals surface area contributed by atoms with Gasteiger partial charge in [0.05, 0.1) is 10.4 Å². The summed E-state index contributed by atoms with van der Waals surface area (Å²) < 4.78 is 2.60. The van der Waals surface area contributed by atoms with E-state index < -0.39 is 0 Å². The van der Waals surface area contributed by atoms with Gasteiger partial charge in [-0.15, -0.1) is 11.3 Å². The Morgan fingerprint density at radius 2 is 1.18 bits per heavy atom. The molecule has 0 atom stereocenters. The Morgan fingerprint density at radius 1 is 0.527 bits per heavy atom. The fourth-order valence-corrected chi connectivity index (χ4v) is 10.1. The second kappa shape index (κ2) is 13.7. The first-order valence-electron chi connectivity index (χ1n) is 19.6. The number of fused-ring (bicyclic) bond motifs is 9. The maximum absolute atomic E-state index is 2.47. The Kier molecular flexibility index (Phi) is 8.67. The number of hydrogen-bond acceptors (Lipinski definition) is 2. The molecule has 0 N–H and O–H groups in total. The number of benzene rings is 8. The van der Waals surface area contributed by atoms with E-state index >= 15 is 0 Å². The number of allylic oxidation sites excluding steroid dienone is 1. The molecule has 0 saturated heterocycles. The van der Waals surface area contributed by atoms with Crippen LogP contribution < -0.4 is 4.90 Å². The van der Waals surface area contributed by atoms with Crippen LogP contribution in [-0.4, -0.2) is 0 Å². The van der Waals surface area contributed by atoms with E-state index in [1.807, 2.05) is 25.2 Å². The number of rotatable bonds is 5. The average molecular weight is 728 g/mol. The molecule has 1 nitrogen and oxygen atoms in total. The lowest BCUT2D eigenvalue weighted by atomic mass is 9.81. The van der Waals surface area contributed by atoms with E-state index in [0.717, 1.165) is 11.4 Å².